The van der Waals surface area contributed by atoms with Gasteiger partial charge in [0.1, 0.15) is 11.8 Å². The molecule has 2 heterocycles. The Balaban J connectivity index is 1.78. The lowest BCUT2D eigenvalue weighted by molar-refractivity contribution is 0.0151. The first kappa shape index (κ1) is 19.0. The van der Waals surface area contributed by atoms with Crippen molar-refractivity contribution in [1.29, 1.82) is 0 Å². The van der Waals surface area contributed by atoms with Crippen LogP contribution in [0.25, 0.3) is 11.2 Å². The Morgan fingerprint density at radius 1 is 1.19 bits per heavy atom. The third kappa shape index (κ3) is 4.71. The summed E-state index contributed by atoms with van der Waals surface area (Å²) >= 11 is 0. The molecule has 0 spiro atoms. The van der Waals surface area contributed by atoms with Crippen molar-refractivity contribution in [2.45, 2.75) is 51.4 Å². The van der Waals surface area contributed by atoms with Gasteiger partial charge in [-0.05, 0) is 31.7 Å². The fraction of sp³-hybridized carbons (Fsp3) is 0.381. The van der Waals surface area contributed by atoms with E-state index in [0.717, 1.165) is 36.9 Å². The first-order valence-corrected chi connectivity index (χ1v) is 9.40. The highest BCUT2D eigenvalue weighted by Crippen LogP contribution is 2.27. The number of anilines is 1. The van der Waals surface area contributed by atoms with Crippen molar-refractivity contribution in [3.8, 4) is 0 Å². The molecular formula is C21H27N5O. The number of ether oxygens (including phenoxy) is 1. The quantitative estimate of drug-likeness (QED) is 0.428. The molecule has 6 nitrogen and oxygen atoms in total. The molecule has 3 aromatic rings. The average Bonchev–Trinajstić information content (AvgIpc) is 3.12. The van der Waals surface area contributed by atoms with E-state index < -0.39 is 0 Å². The van der Waals surface area contributed by atoms with Crippen LogP contribution >= 0.6 is 0 Å². The first-order valence-electron chi connectivity index (χ1n) is 9.40. The summed E-state index contributed by atoms with van der Waals surface area (Å²) in [5, 5.41) is 0. The highest BCUT2D eigenvalue weighted by molar-refractivity contribution is 5.81. The molecule has 0 unspecified atom stereocenters. The Morgan fingerprint density at radius 3 is 2.78 bits per heavy atom. The number of aromatic nitrogens is 4. The predicted octanol–water partition coefficient (Wildman–Crippen LogP) is 4.30. The summed E-state index contributed by atoms with van der Waals surface area (Å²) in [5.74, 6) is 0.405. The van der Waals surface area contributed by atoms with E-state index in [-0.39, 0.29) is 12.1 Å². The summed E-state index contributed by atoms with van der Waals surface area (Å²) in [6.07, 6.45) is 9.43. The maximum atomic E-state index is 6.21. The van der Waals surface area contributed by atoms with E-state index in [0.29, 0.717) is 17.9 Å². The van der Waals surface area contributed by atoms with Gasteiger partial charge in [-0.25, -0.2) is 15.0 Å². The van der Waals surface area contributed by atoms with Gasteiger partial charge in [0, 0.05) is 0 Å². The molecule has 0 radical (unpaired) electrons. The standard InChI is InChI=1S/C21H27N5O/c1-3-4-5-9-12-18(16(2)27-13-17-10-7-6-8-11-17)26-15-25-19-20(22)23-14-24-21(19)26/h3,6-8,10-11,14-16,18H,1,4-5,9,12-13H2,2H3,(H2,22,23,24)/t16-,18+/m0/s1. The van der Waals surface area contributed by atoms with Gasteiger partial charge in [0.25, 0.3) is 0 Å². The number of nitrogens with two attached hydrogens (primary N) is 1. The fourth-order valence-electron chi connectivity index (χ4n) is 3.27. The van der Waals surface area contributed by atoms with E-state index in [2.05, 4.69) is 45.2 Å². The van der Waals surface area contributed by atoms with Crippen molar-refractivity contribution >= 4 is 17.0 Å². The molecule has 0 saturated carbocycles. The number of allylic oxidation sites excluding steroid dienone is 1. The summed E-state index contributed by atoms with van der Waals surface area (Å²) < 4.78 is 8.29. The molecule has 0 saturated heterocycles. The summed E-state index contributed by atoms with van der Waals surface area (Å²) in [6, 6.07) is 10.3. The van der Waals surface area contributed by atoms with Crippen LogP contribution in [0, 0.1) is 0 Å². The zero-order valence-electron chi connectivity index (χ0n) is 15.8. The highest BCUT2D eigenvalue weighted by atomic mass is 16.5. The van der Waals surface area contributed by atoms with Crippen LogP contribution in [0.15, 0.2) is 55.6 Å². The van der Waals surface area contributed by atoms with Gasteiger partial charge in [-0.3, -0.25) is 0 Å². The molecular weight excluding hydrogens is 338 g/mol. The van der Waals surface area contributed by atoms with E-state index >= 15 is 0 Å². The number of nitrogen functional groups attached to an aromatic ring is 1. The van der Waals surface area contributed by atoms with E-state index in [9.17, 15) is 0 Å². The van der Waals surface area contributed by atoms with E-state index in [1.165, 1.54) is 6.33 Å². The van der Waals surface area contributed by atoms with Gasteiger partial charge in [-0.15, -0.1) is 6.58 Å². The molecule has 0 aliphatic rings. The van der Waals surface area contributed by atoms with E-state index in [4.69, 9.17) is 10.5 Å². The molecule has 2 atom stereocenters. The van der Waals surface area contributed by atoms with Crippen molar-refractivity contribution in [2.24, 2.45) is 0 Å². The van der Waals surface area contributed by atoms with Crippen LogP contribution in [-0.4, -0.2) is 25.6 Å². The summed E-state index contributed by atoms with van der Waals surface area (Å²) in [6.45, 7) is 6.49. The molecule has 2 N–H and O–H groups in total. The van der Waals surface area contributed by atoms with Crippen molar-refractivity contribution in [3.05, 3.63) is 61.2 Å². The van der Waals surface area contributed by atoms with Gasteiger partial charge in [0.2, 0.25) is 0 Å². The second kappa shape index (κ2) is 9.28. The van der Waals surface area contributed by atoms with Crippen LogP contribution in [0.3, 0.4) is 0 Å². The Hall–Kier alpha value is -2.73. The van der Waals surface area contributed by atoms with Gasteiger partial charge in [0.05, 0.1) is 25.1 Å². The monoisotopic (exact) mass is 365 g/mol. The molecule has 6 heteroatoms. The van der Waals surface area contributed by atoms with Gasteiger partial charge < -0.3 is 15.0 Å². The van der Waals surface area contributed by atoms with Crippen LogP contribution in [0.1, 0.15) is 44.2 Å². The van der Waals surface area contributed by atoms with Crippen LogP contribution in [0.4, 0.5) is 5.82 Å². The van der Waals surface area contributed by atoms with Crippen LogP contribution in [-0.2, 0) is 11.3 Å². The second-order valence-electron chi connectivity index (χ2n) is 6.73. The molecule has 0 amide bonds. The summed E-state index contributed by atoms with van der Waals surface area (Å²) in [4.78, 5) is 12.9. The van der Waals surface area contributed by atoms with Crippen LogP contribution in [0.5, 0.6) is 0 Å². The number of nitrogens with zero attached hydrogens (tertiary/aromatic N) is 4. The summed E-state index contributed by atoms with van der Waals surface area (Å²) in [5.41, 5.74) is 8.51. The van der Waals surface area contributed by atoms with Crippen LogP contribution in [0.2, 0.25) is 0 Å². The Bertz CT molecular complexity index is 861. The normalized spacial score (nSPS) is 13.5. The average molecular weight is 365 g/mol. The van der Waals surface area contributed by atoms with Crippen molar-refractivity contribution in [3.63, 3.8) is 0 Å². The largest absolute Gasteiger partial charge is 0.382 e. The van der Waals surface area contributed by atoms with Gasteiger partial charge in [0.15, 0.2) is 11.5 Å². The first-order chi connectivity index (χ1) is 13.2. The molecule has 0 bridgehead atoms. The van der Waals surface area contributed by atoms with Crippen molar-refractivity contribution in [1.82, 2.24) is 19.5 Å². The third-order valence-corrected chi connectivity index (χ3v) is 4.80. The van der Waals surface area contributed by atoms with Crippen molar-refractivity contribution < 1.29 is 4.74 Å². The number of benzene rings is 1. The number of fused-ring (bicyclic) bond motifs is 1. The molecule has 2 aromatic heterocycles. The van der Waals surface area contributed by atoms with Crippen LogP contribution < -0.4 is 5.73 Å². The predicted molar refractivity (Wildman–Crippen MR) is 108 cm³/mol. The Labute approximate surface area is 160 Å². The topological polar surface area (TPSA) is 78.9 Å². The highest BCUT2D eigenvalue weighted by Gasteiger charge is 2.23. The zero-order valence-corrected chi connectivity index (χ0v) is 15.8. The number of imidazole rings is 1. The van der Waals surface area contributed by atoms with Gasteiger partial charge in [-0.2, -0.15) is 0 Å². The lowest BCUT2D eigenvalue weighted by Crippen LogP contribution is -2.24. The molecule has 3 rings (SSSR count). The lowest BCUT2D eigenvalue weighted by atomic mass is 10.0. The number of hydrogen-bond donors (Lipinski definition) is 1. The smallest absolute Gasteiger partial charge is 0.165 e. The van der Waals surface area contributed by atoms with E-state index in [1.54, 1.807) is 6.33 Å². The summed E-state index contributed by atoms with van der Waals surface area (Å²) in [7, 11) is 0. The molecule has 27 heavy (non-hydrogen) atoms. The number of unbranched alkanes of at least 4 members (excludes halogenated alkanes) is 2. The number of rotatable bonds is 10. The number of hydrogen-bond acceptors (Lipinski definition) is 5. The van der Waals surface area contributed by atoms with Gasteiger partial charge in [-0.1, -0.05) is 42.8 Å². The second-order valence-corrected chi connectivity index (χ2v) is 6.73. The zero-order chi connectivity index (χ0) is 19.1. The SMILES string of the molecule is C=CCCCC[C@H]([C@H](C)OCc1ccccc1)n1cnc2c(N)ncnc21. The molecule has 142 valence electrons. The molecule has 0 aliphatic carbocycles. The maximum Gasteiger partial charge on any atom is 0.165 e. The van der Waals surface area contributed by atoms with E-state index in [1.807, 2.05) is 24.3 Å². The minimum absolute atomic E-state index is 0.00234. The third-order valence-electron chi connectivity index (χ3n) is 4.80. The molecule has 0 aliphatic heterocycles. The minimum Gasteiger partial charge on any atom is -0.382 e. The minimum atomic E-state index is 0.00234. The fourth-order valence-corrected chi connectivity index (χ4v) is 3.27. The molecule has 0 fully saturated rings. The van der Waals surface area contributed by atoms with Gasteiger partial charge >= 0.3 is 0 Å². The lowest BCUT2D eigenvalue weighted by Gasteiger charge is -2.26. The van der Waals surface area contributed by atoms with Crippen molar-refractivity contribution in [2.75, 3.05) is 5.73 Å². The maximum absolute atomic E-state index is 6.21. The Morgan fingerprint density at radius 2 is 2.00 bits per heavy atom. The molecule has 1 aromatic carbocycles. The Kier molecular flexibility index (Phi) is 6.54.